The first-order valence-corrected chi connectivity index (χ1v) is 25.1. The highest BCUT2D eigenvalue weighted by Crippen LogP contribution is 2.68. The molecule has 0 aliphatic heterocycles. The van der Waals surface area contributed by atoms with Crippen LogP contribution in [0.15, 0.2) is 42.6 Å². The van der Waals surface area contributed by atoms with Crippen molar-refractivity contribution in [1.29, 1.82) is 0 Å². The SMILES string of the molecule is Cn1nc(NS(C)(=O)=O)c2c(Cl)ccc(-c3cc4c(cnn4COCC[Si](C)(C)C)nc3[C@@H](Cc3cc(F)cc(F)c3)C(C(N)=O)n3nc(C(F)F)c4c3C(F)(F)[C@@H]3C[C@H]43)c21. The van der Waals surface area contributed by atoms with Gasteiger partial charge in [0.2, 0.25) is 15.9 Å². The highest BCUT2D eigenvalue weighted by molar-refractivity contribution is 7.92. The van der Waals surface area contributed by atoms with Gasteiger partial charge in [-0.1, -0.05) is 37.3 Å². The Morgan fingerprint density at radius 2 is 1.79 bits per heavy atom. The molecule has 2 aromatic carbocycles. The third kappa shape index (κ3) is 7.88. The van der Waals surface area contributed by atoms with Crippen molar-refractivity contribution in [3.63, 3.8) is 0 Å². The molecule has 2 aliphatic rings. The van der Waals surface area contributed by atoms with E-state index in [2.05, 4.69) is 39.7 Å². The number of carbonyl (C=O) groups is 1. The highest BCUT2D eigenvalue weighted by atomic mass is 35.5. The van der Waals surface area contributed by atoms with Crippen molar-refractivity contribution >= 4 is 63.4 Å². The van der Waals surface area contributed by atoms with Gasteiger partial charge >= 0.3 is 0 Å². The van der Waals surface area contributed by atoms with E-state index in [4.69, 9.17) is 27.1 Å². The van der Waals surface area contributed by atoms with Gasteiger partial charge in [-0.2, -0.15) is 24.1 Å². The molecule has 6 aromatic rings. The fraction of sp³-hybridized carbons (Fsp3) is 0.410. The van der Waals surface area contributed by atoms with Gasteiger partial charge in [0.25, 0.3) is 12.3 Å². The second kappa shape index (κ2) is 15.1. The number of sulfonamides is 1. The van der Waals surface area contributed by atoms with Gasteiger partial charge < -0.3 is 10.5 Å². The van der Waals surface area contributed by atoms with E-state index in [1.165, 1.54) is 28.7 Å². The number of hydrogen-bond donors (Lipinski definition) is 2. The molecule has 0 saturated heterocycles. The molecule has 4 aromatic heterocycles. The standard InChI is InChI=1S/C39H40ClF6N9O4SSi/c1-53-33-21(6-7-26(40)30(33)38(51-53)52-60(2,57)58)22-15-28-27(16-48-54(28)17-59-8-9-61(3,4)5)49-31(22)24(12-18-10-19(41)13-20(42)11-18)34(37(47)56)55-35-29(32(50-55)36(43)44)23-14-25(23)39(35,45)46/h6-7,10-11,13,15-16,23-25,34,36H,8-9,12,14,17H2,1-5H3,(H2,47,56)(H,51,52)/t23-,24+,25+,34?/m0/s1. The summed E-state index contributed by atoms with van der Waals surface area (Å²) in [6, 6.07) is 6.11. The predicted molar refractivity (Wildman–Crippen MR) is 218 cm³/mol. The number of halogens is 7. The first kappa shape index (κ1) is 42.7. The summed E-state index contributed by atoms with van der Waals surface area (Å²) in [5.41, 5.74) is 5.14. The Labute approximate surface area is 351 Å². The number of fused-ring (bicyclic) bond motifs is 5. The summed E-state index contributed by atoms with van der Waals surface area (Å²) in [5, 5.41) is 13.1. The molecule has 0 bridgehead atoms. The zero-order valence-corrected chi connectivity index (χ0v) is 35.9. The minimum atomic E-state index is -3.89. The Balaban J connectivity index is 1.41. The van der Waals surface area contributed by atoms with Crippen LogP contribution in [-0.2, 0) is 45.7 Å². The maximum Gasteiger partial charge on any atom is 0.293 e. The van der Waals surface area contributed by atoms with E-state index in [-0.39, 0.29) is 68.4 Å². The topological polar surface area (TPSA) is 165 Å². The summed E-state index contributed by atoms with van der Waals surface area (Å²) in [4.78, 5) is 18.9. The van der Waals surface area contributed by atoms with Gasteiger partial charge in [-0.05, 0) is 54.6 Å². The molecule has 4 atom stereocenters. The summed E-state index contributed by atoms with van der Waals surface area (Å²) >= 11 is 6.70. The molecule has 0 radical (unpaired) electrons. The smallest absolute Gasteiger partial charge is 0.293 e. The van der Waals surface area contributed by atoms with E-state index in [1.54, 1.807) is 12.1 Å². The second-order valence-electron chi connectivity index (χ2n) is 16.9. The van der Waals surface area contributed by atoms with Gasteiger partial charge in [0.15, 0.2) is 5.82 Å². The molecule has 0 spiro atoms. The number of hydrogen-bond acceptors (Lipinski definition) is 8. The van der Waals surface area contributed by atoms with Crippen molar-refractivity contribution in [3.05, 3.63) is 87.5 Å². The Morgan fingerprint density at radius 1 is 1.08 bits per heavy atom. The summed E-state index contributed by atoms with van der Waals surface area (Å²) < 4.78 is 128. The van der Waals surface area contributed by atoms with Gasteiger partial charge in [0.1, 0.15) is 41.3 Å². The van der Waals surface area contributed by atoms with Crippen LogP contribution in [0.3, 0.4) is 0 Å². The number of aryl methyl sites for hydroxylation is 1. The zero-order chi connectivity index (χ0) is 44.1. The molecule has 1 unspecified atom stereocenters. The van der Waals surface area contributed by atoms with Crippen LogP contribution in [0.5, 0.6) is 0 Å². The predicted octanol–water partition coefficient (Wildman–Crippen LogP) is 8.00. The van der Waals surface area contributed by atoms with E-state index < -0.39 is 89.6 Å². The lowest BCUT2D eigenvalue weighted by molar-refractivity contribution is -0.122. The molecule has 324 valence electrons. The number of ether oxygens (including phenoxy) is 1. The second-order valence-corrected chi connectivity index (χ2v) is 24.7. The van der Waals surface area contributed by atoms with Crippen LogP contribution in [-0.4, -0.2) is 69.6 Å². The number of primary amides is 1. The van der Waals surface area contributed by atoms with E-state index in [9.17, 15) is 30.8 Å². The maximum absolute atomic E-state index is 16.2. The number of rotatable bonds is 15. The molecular formula is C39H40ClF6N9O4SSi. The lowest BCUT2D eigenvalue weighted by Crippen LogP contribution is -2.37. The van der Waals surface area contributed by atoms with Crippen LogP contribution < -0.4 is 10.5 Å². The first-order valence-electron chi connectivity index (χ1n) is 19.1. The number of nitrogens with zero attached hydrogens (tertiary/aromatic N) is 7. The van der Waals surface area contributed by atoms with E-state index in [0.717, 1.165) is 24.4 Å². The van der Waals surface area contributed by atoms with Crippen molar-refractivity contribution in [3.8, 4) is 11.1 Å². The maximum atomic E-state index is 16.2. The Kier molecular flexibility index (Phi) is 10.6. The first-order chi connectivity index (χ1) is 28.5. The van der Waals surface area contributed by atoms with Crippen molar-refractivity contribution < 1.29 is 44.3 Å². The van der Waals surface area contributed by atoms with Gasteiger partial charge in [-0.3, -0.25) is 14.2 Å². The van der Waals surface area contributed by atoms with Gasteiger partial charge in [-0.25, -0.2) is 40.3 Å². The number of aromatic nitrogens is 7. The fourth-order valence-corrected chi connectivity index (χ4v) is 9.93. The number of carbonyl (C=O) groups excluding carboxylic acids is 1. The van der Waals surface area contributed by atoms with Crippen LogP contribution in [0.4, 0.5) is 32.2 Å². The Morgan fingerprint density at radius 3 is 2.43 bits per heavy atom. The minimum absolute atomic E-state index is 0.0121. The average molecular weight is 908 g/mol. The fourth-order valence-electron chi connectivity index (χ4n) is 8.44. The monoisotopic (exact) mass is 907 g/mol. The largest absolute Gasteiger partial charge is 0.368 e. The molecule has 8 rings (SSSR count). The van der Waals surface area contributed by atoms with Crippen molar-refractivity contribution in [2.45, 2.75) is 75.5 Å². The average Bonchev–Trinajstić information content (AvgIpc) is 3.41. The summed E-state index contributed by atoms with van der Waals surface area (Å²) in [5.74, 6) is -10.8. The van der Waals surface area contributed by atoms with Gasteiger partial charge in [-0.15, -0.1) is 0 Å². The molecule has 13 nitrogen and oxygen atoms in total. The van der Waals surface area contributed by atoms with E-state index in [0.29, 0.717) is 22.9 Å². The normalized spacial score (nSPS) is 18.2. The van der Waals surface area contributed by atoms with Crippen molar-refractivity contribution in [2.75, 3.05) is 17.6 Å². The molecule has 22 heteroatoms. The molecule has 3 N–H and O–H groups in total. The number of alkyl halides is 4. The molecule has 2 aliphatic carbocycles. The summed E-state index contributed by atoms with van der Waals surface area (Å²) in [6.45, 7) is 7.02. The molecule has 4 heterocycles. The summed E-state index contributed by atoms with van der Waals surface area (Å²) in [7, 11) is -3.85. The van der Waals surface area contributed by atoms with Crippen LogP contribution in [0.2, 0.25) is 30.7 Å². The molecule has 1 amide bonds. The van der Waals surface area contributed by atoms with Crippen LogP contribution in [0.25, 0.3) is 33.1 Å². The van der Waals surface area contributed by atoms with Gasteiger partial charge in [0, 0.05) is 56.3 Å². The lowest BCUT2D eigenvalue weighted by atomic mass is 9.84. The lowest BCUT2D eigenvalue weighted by Gasteiger charge is -2.29. The van der Waals surface area contributed by atoms with Crippen LogP contribution in [0.1, 0.15) is 58.9 Å². The number of benzene rings is 2. The Bertz CT molecular complexity index is 2840. The molecule has 1 fully saturated rings. The quantitative estimate of drug-likeness (QED) is 0.0595. The van der Waals surface area contributed by atoms with Gasteiger partial charge in [0.05, 0.1) is 39.6 Å². The van der Waals surface area contributed by atoms with E-state index >= 15 is 8.78 Å². The highest BCUT2D eigenvalue weighted by Gasteiger charge is 2.67. The number of nitrogens with one attached hydrogen (secondary N) is 1. The van der Waals surface area contributed by atoms with Crippen molar-refractivity contribution in [2.24, 2.45) is 18.7 Å². The third-order valence-corrected chi connectivity index (χ3v) is 13.8. The number of nitrogens with two attached hydrogens (primary N) is 1. The number of amides is 1. The molecule has 61 heavy (non-hydrogen) atoms. The Hall–Kier alpha value is -4.99. The minimum Gasteiger partial charge on any atom is -0.368 e. The molecular weight excluding hydrogens is 868 g/mol. The zero-order valence-electron chi connectivity index (χ0n) is 33.4. The van der Waals surface area contributed by atoms with E-state index in [1.807, 2.05) is 0 Å². The number of pyridine rings is 1. The summed E-state index contributed by atoms with van der Waals surface area (Å²) in [6.07, 6.45) is -1.51. The third-order valence-electron chi connectivity index (χ3n) is 11.2. The van der Waals surface area contributed by atoms with Crippen molar-refractivity contribution in [1.82, 2.24) is 34.3 Å². The van der Waals surface area contributed by atoms with Crippen LogP contribution >= 0.6 is 11.6 Å². The number of anilines is 1. The van der Waals surface area contributed by atoms with Crippen LogP contribution in [0, 0.1) is 17.6 Å². The molecule has 1 saturated carbocycles.